The third-order valence-corrected chi connectivity index (χ3v) is 5.68. The Morgan fingerprint density at radius 3 is 2.79 bits per heavy atom. The molecule has 0 unspecified atom stereocenters. The second-order valence-corrected chi connectivity index (χ2v) is 7.65. The number of rotatable bonds is 0. The molecule has 0 aromatic heterocycles. The smallest absolute Gasteiger partial charge is 0.334 e. The maximum Gasteiger partial charge on any atom is 0.334 e. The Bertz CT molecular complexity index is 628. The number of fused-ring (bicyclic) bond motifs is 2. The van der Waals surface area contributed by atoms with Gasteiger partial charge in [-0.05, 0) is 70.6 Å². The zero-order valence-electron chi connectivity index (χ0n) is 15.1. The topological polar surface area (TPSA) is 59.1 Å². The molecule has 0 saturated carbocycles. The van der Waals surface area contributed by atoms with Gasteiger partial charge in [0.15, 0.2) is 0 Å². The molecule has 2 heterocycles. The number of epoxide rings is 1. The van der Waals surface area contributed by atoms with Crippen LogP contribution in [-0.2, 0) is 14.3 Å². The Balaban J connectivity index is 1.86. The first kappa shape index (κ1) is 17.4. The van der Waals surface area contributed by atoms with Gasteiger partial charge in [0.2, 0.25) is 0 Å². The highest BCUT2D eigenvalue weighted by atomic mass is 16.6. The SMILES string of the molecule is CC1=C[C@@H]2OC(=O)C(C)=C2C[C@H](O)C(C)=CCC[C@]2(C)O[C@H]2CC1. The molecule has 0 bridgehead atoms. The van der Waals surface area contributed by atoms with Crippen molar-refractivity contribution >= 4 is 5.97 Å². The first-order valence-electron chi connectivity index (χ1n) is 8.90. The largest absolute Gasteiger partial charge is 0.450 e. The fourth-order valence-corrected chi connectivity index (χ4v) is 3.69. The van der Waals surface area contributed by atoms with Crippen LogP contribution in [0.3, 0.4) is 0 Å². The molecule has 4 nitrogen and oxygen atoms in total. The van der Waals surface area contributed by atoms with Gasteiger partial charge in [-0.1, -0.05) is 11.6 Å². The lowest BCUT2D eigenvalue weighted by atomic mass is 9.91. The molecule has 24 heavy (non-hydrogen) atoms. The van der Waals surface area contributed by atoms with Gasteiger partial charge in [-0.25, -0.2) is 4.79 Å². The van der Waals surface area contributed by atoms with Gasteiger partial charge in [-0.15, -0.1) is 0 Å². The molecule has 0 aromatic carbocycles. The summed E-state index contributed by atoms with van der Waals surface area (Å²) in [5.74, 6) is -0.268. The lowest BCUT2D eigenvalue weighted by molar-refractivity contribution is -0.138. The number of esters is 1. The van der Waals surface area contributed by atoms with E-state index in [0.29, 0.717) is 18.1 Å². The minimum Gasteiger partial charge on any atom is -0.450 e. The van der Waals surface area contributed by atoms with Gasteiger partial charge < -0.3 is 14.6 Å². The highest BCUT2D eigenvalue weighted by Gasteiger charge is 2.50. The first-order chi connectivity index (χ1) is 11.3. The summed E-state index contributed by atoms with van der Waals surface area (Å²) in [6.07, 6.45) is 7.81. The molecule has 2 aliphatic heterocycles. The fourth-order valence-electron chi connectivity index (χ4n) is 3.69. The van der Waals surface area contributed by atoms with E-state index >= 15 is 0 Å². The summed E-state index contributed by atoms with van der Waals surface area (Å²) in [5.41, 5.74) is 3.68. The second-order valence-electron chi connectivity index (χ2n) is 7.65. The Labute approximate surface area is 144 Å². The molecule has 0 amide bonds. The third kappa shape index (κ3) is 3.50. The van der Waals surface area contributed by atoms with Gasteiger partial charge in [-0.2, -0.15) is 0 Å². The van der Waals surface area contributed by atoms with E-state index in [2.05, 4.69) is 19.9 Å². The van der Waals surface area contributed by atoms with Crippen LogP contribution in [0.4, 0.5) is 0 Å². The van der Waals surface area contributed by atoms with Crippen LogP contribution in [0.1, 0.15) is 59.8 Å². The van der Waals surface area contributed by atoms with Gasteiger partial charge in [0.05, 0.1) is 17.8 Å². The maximum absolute atomic E-state index is 12.0. The number of aliphatic hydroxyl groups excluding tert-OH is 1. The highest BCUT2D eigenvalue weighted by molar-refractivity contribution is 5.92. The molecule has 0 aromatic rings. The van der Waals surface area contributed by atoms with E-state index in [4.69, 9.17) is 9.47 Å². The molecular weight excluding hydrogens is 304 g/mol. The zero-order valence-corrected chi connectivity index (χ0v) is 15.1. The minimum absolute atomic E-state index is 0.0202. The minimum atomic E-state index is -0.577. The average Bonchev–Trinajstić information content (AvgIpc) is 3.10. The number of aliphatic hydroxyl groups is 1. The fraction of sp³-hybridized carbons (Fsp3) is 0.650. The van der Waals surface area contributed by atoms with Crippen LogP contribution in [0, 0.1) is 0 Å². The monoisotopic (exact) mass is 332 g/mol. The van der Waals surface area contributed by atoms with Crippen LogP contribution in [0.5, 0.6) is 0 Å². The summed E-state index contributed by atoms with van der Waals surface area (Å²) in [4.78, 5) is 12.0. The van der Waals surface area contributed by atoms with Crippen LogP contribution in [0.15, 0.2) is 34.4 Å². The Morgan fingerprint density at radius 2 is 2.04 bits per heavy atom. The molecule has 1 fully saturated rings. The van der Waals surface area contributed by atoms with Crippen molar-refractivity contribution in [1.82, 2.24) is 0 Å². The Morgan fingerprint density at radius 1 is 1.29 bits per heavy atom. The highest BCUT2D eigenvalue weighted by Crippen LogP contribution is 2.44. The normalized spacial score (nSPS) is 37.7. The van der Waals surface area contributed by atoms with E-state index < -0.39 is 6.10 Å². The van der Waals surface area contributed by atoms with E-state index in [1.165, 1.54) is 5.57 Å². The third-order valence-electron chi connectivity index (χ3n) is 5.68. The van der Waals surface area contributed by atoms with Crippen molar-refractivity contribution in [3.63, 3.8) is 0 Å². The standard InChI is InChI=1S/C20H28O4/c1-12-7-8-18-20(4,24-18)9-5-6-13(2)16(21)11-15-14(3)19(22)23-17(15)10-12/h6,10,16-18,21H,5,7-9,11H2,1-4H3/t16-,17-,18-,20-/m0/s1. The summed E-state index contributed by atoms with van der Waals surface area (Å²) in [7, 11) is 0. The number of carbonyl (C=O) groups is 1. The van der Waals surface area contributed by atoms with Crippen LogP contribution in [0.25, 0.3) is 0 Å². The van der Waals surface area contributed by atoms with Crippen LogP contribution in [0.2, 0.25) is 0 Å². The van der Waals surface area contributed by atoms with E-state index in [-0.39, 0.29) is 17.7 Å². The van der Waals surface area contributed by atoms with Gasteiger partial charge >= 0.3 is 5.97 Å². The van der Waals surface area contributed by atoms with Gasteiger partial charge in [-0.3, -0.25) is 0 Å². The molecule has 132 valence electrons. The van der Waals surface area contributed by atoms with Crippen LogP contribution >= 0.6 is 0 Å². The number of hydrogen-bond acceptors (Lipinski definition) is 4. The molecule has 3 aliphatic rings. The summed E-state index contributed by atoms with van der Waals surface area (Å²) < 4.78 is 11.4. The maximum atomic E-state index is 12.0. The molecule has 4 heteroatoms. The molecule has 1 aliphatic carbocycles. The van der Waals surface area contributed by atoms with Gasteiger partial charge in [0.1, 0.15) is 6.10 Å². The number of ether oxygens (including phenoxy) is 2. The summed E-state index contributed by atoms with van der Waals surface area (Å²) in [6, 6.07) is 0. The predicted octanol–water partition coefficient (Wildman–Crippen LogP) is 3.60. The van der Waals surface area contributed by atoms with E-state index in [0.717, 1.165) is 36.8 Å². The van der Waals surface area contributed by atoms with Crippen molar-refractivity contribution in [2.45, 2.75) is 83.7 Å². The number of hydrogen-bond donors (Lipinski definition) is 1. The first-order valence-corrected chi connectivity index (χ1v) is 8.90. The van der Waals surface area contributed by atoms with Crippen molar-refractivity contribution in [1.29, 1.82) is 0 Å². The Hall–Kier alpha value is -1.39. The van der Waals surface area contributed by atoms with Gasteiger partial charge in [0.25, 0.3) is 0 Å². The summed E-state index contributed by atoms with van der Waals surface area (Å²) in [5, 5.41) is 10.5. The van der Waals surface area contributed by atoms with Crippen molar-refractivity contribution < 1.29 is 19.4 Å². The molecule has 1 saturated heterocycles. The quantitative estimate of drug-likeness (QED) is 0.418. The molecular formula is C20H28O4. The van der Waals surface area contributed by atoms with Crippen molar-refractivity contribution in [2.75, 3.05) is 0 Å². The molecule has 3 rings (SSSR count). The number of carbonyl (C=O) groups excluding carboxylic acids is 1. The van der Waals surface area contributed by atoms with Crippen LogP contribution in [-0.4, -0.2) is 35.0 Å². The molecule has 0 spiro atoms. The van der Waals surface area contributed by atoms with Crippen LogP contribution < -0.4 is 0 Å². The second kappa shape index (κ2) is 6.49. The van der Waals surface area contributed by atoms with E-state index in [1.807, 2.05) is 13.0 Å². The molecule has 4 atom stereocenters. The van der Waals surface area contributed by atoms with Gasteiger partial charge in [0, 0.05) is 12.0 Å². The molecule has 1 N–H and O–H groups in total. The van der Waals surface area contributed by atoms with E-state index in [9.17, 15) is 9.90 Å². The van der Waals surface area contributed by atoms with Crippen molar-refractivity contribution in [2.24, 2.45) is 0 Å². The molecule has 0 radical (unpaired) electrons. The predicted molar refractivity (Wildman–Crippen MR) is 92.5 cm³/mol. The lowest BCUT2D eigenvalue weighted by Gasteiger charge is -2.17. The van der Waals surface area contributed by atoms with E-state index in [1.54, 1.807) is 6.92 Å². The summed E-state index contributed by atoms with van der Waals surface area (Å²) in [6.45, 7) is 7.99. The van der Waals surface area contributed by atoms with Crippen molar-refractivity contribution in [3.8, 4) is 0 Å². The van der Waals surface area contributed by atoms with Crippen molar-refractivity contribution in [3.05, 3.63) is 34.4 Å². The average molecular weight is 332 g/mol. The Kier molecular flexibility index (Phi) is 4.71. The zero-order chi connectivity index (χ0) is 17.5. The lowest BCUT2D eigenvalue weighted by Crippen LogP contribution is -2.17. The number of allylic oxidation sites excluding steroid dienone is 2. The summed E-state index contributed by atoms with van der Waals surface area (Å²) >= 11 is 0.